The number of furan rings is 1. The second-order valence-electron chi connectivity index (χ2n) is 6.76. The Labute approximate surface area is 182 Å². The van der Waals surface area contributed by atoms with Crippen LogP contribution in [0.15, 0.2) is 68.6 Å². The zero-order valence-corrected chi connectivity index (χ0v) is 18.5. The van der Waals surface area contributed by atoms with Crippen molar-refractivity contribution in [3.05, 3.63) is 70.6 Å². The number of nitrogens with one attached hydrogen (secondary N) is 1. The van der Waals surface area contributed by atoms with Gasteiger partial charge < -0.3 is 14.5 Å². The smallest absolute Gasteiger partial charge is 0.291 e. The molecule has 0 bridgehead atoms. The summed E-state index contributed by atoms with van der Waals surface area (Å²) < 4.78 is 38.7. The molecule has 0 fully saturated rings. The van der Waals surface area contributed by atoms with E-state index in [0.717, 1.165) is 12.0 Å². The van der Waals surface area contributed by atoms with Gasteiger partial charge in [0.2, 0.25) is 0 Å². The molecule has 4 rings (SSSR count). The molecule has 2 heterocycles. The molecule has 0 unspecified atom stereocenters. The van der Waals surface area contributed by atoms with Gasteiger partial charge in [-0.15, -0.1) is 0 Å². The van der Waals surface area contributed by atoms with E-state index in [-0.39, 0.29) is 16.6 Å². The predicted molar refractivity (Wildman–Crippen MR) is 117 cm³/mol. The summed E-state index contributed by atoms with van der Waals surface area (Å²) in [6.45, 7) is 0.396. The number of fused-ring (bicyclic) bond motifs is 1. The number of amides is 1. The van der Waals surface area contributed by atoms with E-state index in [1.165, 1.54) is 11.4 Å². The Morgan fingerprint density at radius 1 is 1.13 bits per heavy atom. The highest BCUT2D eigenvalue weighted by Gasteiger charge is 2.29. The van der Waals surface area contributed by atoms with E-state index >= 15 is 0 Å². The number of sulfonamides is 1. The maximum absolute atomic E-state index is 13.2. The van der Waals surface area contributed by atoms with E-state index in [2.05, 4.69) is 21.2 Å². The SMILES string of the molecule is COc1ccc(S(=O)(=O)N2CCCc3cc(NC(=O)c4ccc(Br)o4)ccc32)cc1. The van der Waals surface area contributed by atoms with Crippen LogP contribution in [0.2, 0.25) is 0 Å². The maximum Gasteiger partial charge on any atom is 0.291 e. The van der Waals surface area contributed by atoms with Crippen molar-refractivity contribution in [3.63, 3.8) is 0 Å². The second-order valence-corrected chi connectivity index (χ2v) is 9.40. The van der Waals surface area contributed by atoms with Crippen LogP contribution in [0.4, 0.5) is 11.4 Å². The summed E-state index contributed by atoms with van der Waals surface area (Å²) in [5.74, 6) is 0.402. The van der Waals surface area contributed by atoms with Crippen LogP contribution in [0.1, 0.15) is 22.5 Å². The third-order valence-electron chi connectivity index (χ3n) is 4.86. The third kappa shape index (κ3) is 3.95. The Hall–Kier alpha value is -2.78. The standard InChI is InChI=1S/C21H19BrN2O5S/c1-28-16-5-7-17(8-6-16)30(26,27)24-12-2-3-14-13-15(4-9-18(14)24)23-21(25)19-10-11-20(22)29-19/h4-11,13H,2-3,12H2,1H3,(H,23,25). The van der Waals surface area contributed by atoms with Gasteiger partial charge in [0, 0.05) is 12.2 Å². The molecule has 1 aromatic heterocycles. The zero-order chi connectivity index (χ0) is 21.3. The average Bonchev–Trinajstić information content (AvgIpc) is 3.19. The fourth-order valence-corrected chi connectivity index (χ4v) is 5.24. The lowest BCUT2D eigenvalue weighted by Gasteiger charge is -2.31. The minimum absolute atomic E-state index is 0.184. The molecule has 7 nitrogen and oxygen atoms in total. The van der Waals surface area contributed by atoms with E-state index in [0.29, 0.717) is 34.8 Å². The molecule has 1 aliphatic rings. The van der Waals surface area contributed by atoms with Crippen LogP contribution in [0.5, 0.6) is 5.75 Å². The lowest BCUT2D eigenvalue weighted by molar-refractivity contribution is 0.0995. The fourth-order valence-electron chi connectivity index (χ4n) is 3.39. The van der Waals surface area contributed by atoms with Crippen molar-refractivity contribution >= 4 is 43.2 Å². The van der Waals surface area contributed by atoms with E-state index in [4.69, 9.17) is 9.15 Å². The number of hydrogen-bond donors (Lipinski definition) is 1. The molecule has 3 aromatic rings. The Morgan fingerprint density at radius 2 is 1.90 bits per heavy atom. The monoisotopic (exact) mass is 490 g/mol. The molecule has 1 aliphatic heterocycles. The molecule has 0 spiro atoms. The summed E-state index contributed by atoms with van der Waals surface area (Å²) >= 11 is 3.17. The number of carbonyl (C=O) groups excluding carboxylic acids is 1. The van der Waals surface area contributed by atoms with E-state index in [9.17, 15) is 13.2 Å². The molecule has 0 aliphatic carbocycles. The molecule has 9 heteroatoms. The Kier molecular flexibility index (Phi) is 5.57. The number of carbonyl (C=O) groups is 1. The number of ether oxygens (including phenoxy) is 1. The summed E-state index contributed by atoms with van der Waals surface area (Å²) in [4.78, 5) is 12.5. The second kappa shape index (κ2) is 8.16. The topological polar surface area (TPSA) is 88.9 Å². The molecular formula is C21H19BrN2O5S. The highest BCUT2D eigenvalue weighted by molar-refractivity contribution is 9.10. The summed E-state index contributed by atoms with van der Waals surface area (Å²) in [5.41, 5.74) is 2.06. The van der Waals surface area contributed by atoms with Gasteiger partial charge in [-0.3, -0.25) is 9.10 Å². The first kappa shape index (κ1) is 20.5. The molecule has 1 amide bonds. The third-order valence-corrected chi connectivity index (χ3v) is 7.11. The largest absolute Gasteiger partial charge is 0.497 e. The van der Waals surface area contributed by atoms with Crippen molar-refractivity contribution in [2.75, 3.05) is 23.3 Å². The first-order valence-electron chi connectivity index (χ1n) is 9.25. The summed E-state index contributed by atoms with van der Waals surface area (Å²) in [5, 5.41) is 2.78. The molecular weight excluding hydrogens is 472 g/mol. The van der Waals surface area contributed by atoms with Gasteiger partial charge in [-0.1, -0.05) is 0 Å². The maximum atomic E-state index is 13.2. The van der Waals surface area contributed by atoms with Crippen molar-refractivity contribution in [1.82, 2.24) is 0 Å². The lowest BCUT2D eigenvalue weighted by atomic mass is 10.0. The van der Waals surface area contributed by atoms with Gasteiger partial charge in [0.25, 0.3) is 15.9 Å². The Morgan fingerprint density at radius 3 is 2.57 bits per heavy atom. The number of rotatable bonds is 5. The van der Waals surface area contributed by atoms with Crippen LogP contribution in [-0.2, 0) is 16.4 Å². The number of benzene rings is 2. The van der Waals surface area contributed by atoms with Crippen LogP contribution in [0, 0.1) is 0 Å². The molecule has 156 valence electrons. The van der Waals surface area contributed by atoms with Gasteiger partial charge in [-0.2, -0.15) is 0 Å². The van der Waals surface area contributed by atoms with Gasteiger partial charge in [-0.25, -0.2) is 8.42 Å². The first-order chi connectivity index (χ1) is 14.4. The molecule has 30 heavy (non-hydrogen) atoms. The van der Waals surface area contributed by atoms with Crippen molar-refractivity contribution in [2.45, 2.75) is 17.7 Å². The molecule has 0 saturated heterocycles. The molecule has 0 saturated carbocycles. The number of methoxy groups -OCH3 is 1. The molecule has 0 radical (unpaired) electrons. The van der Waals surface area contributed by atoms with Gasteiger partial charge in [0.15, 0.2) is 10.4 Å². The van der Waals surface area contributed by atoms with Crippen LogP contribution in [-0.4, -0.2) is 28.0 Å². The van der Waals surface area contributed by atoms with Gasteiger partial charge in [-0.05, 0) is 88.9 Å². The number of halogens is 1. The van der Waals surface area contributed by atoms with Crippen molar-refractivity contribution in [3.8, 4) is 5.75 Å². The number of aryl methyl sites for hydroxylation is 1. The highest BCUT2D eigenvalue weighted by atomic mass is 79.9. The molecule has 1 N–H and O–H groups in total. The minimum Gasteiger partial charge on any atom is -0.497 e. The van der Waals surface area contributed by atoms with Crippen LogP contribution in [0.3, 0.4) is 0 Å². The fraction of sp³-hybridized carbons (Fsp3) is 0.190. The zero-order valence-electron chi connectivity index (χ0n) is 16.1. The van der Waals surface area contributed by atoms with Crippen molar-refractivity contribution in [2.24, 2.45) is 0 Å². The Bertz CT molecular complexity index is 1190. The van der Waals surface area contributed by atoms with Crippen molar-refractivity contribution < 1.29 is 22.4 Å². The van der Waals surface area contributed by atoms with E-state index < -0.39 is 10.0 Å². The van der Waals surface area contributed by atoms with Crippen molar-refractivity contribution in [1.29, 1.82) is 0 Å². The highest BCUT2D eigenvalue weighted by Crippen LogP contribution is 2.34. The summed E-state index contributed by atoms with van der Waals surface area (Å²) in [6.07, 6.45) is 1.41. The van der Waals surface area contributed by atoms with E-state index in [1.807, 2.05) is 0 Å². The normalized spacial score (nSPS) is 13.6. The summed E-state index contributed by atoms with van der Waals surface area (Å²) in [7, 11) is -2.17. The lowest BCUT2D eigenvalue weighted by Crippen LogP contribution is -2.35. The predicted octanol–water partition coefficient (Wildman–Crippen LogP) is 4.44. The average molecular weight is 491 g/mol. The first-order valence-corrected chi connectivity index (χ1v) is 11.5. The molecule has 0 atom stereocenters. The van der Waals surface area contributed by atoms with Gasteiger partial charge in [0.1, 0.15) is 5.75 Å². The van der Waals surface area contributed by atoms with Crippen LogP contribution >= 0.6 is 15.9 Å². The van der Waals surface area contributed by atoms with Crippen LogP contribution in [0.25, 0.3) is 0 Å². The molecule has 2 aromatic carbocycles. The minimum atomic E-state index is -3.71. The number of hydrogen-bond acceptors (Lipinski definition) is 5. The summed E-state index contributed by atoms with van der Waals surface area (Å²) in [6, 6.07) is 14.8. The van der Waals surface area contributed by atoms with E-state index in [1.54, 1.807) is 54.6 Å². The quantitative estimate of drug-likeness (QED) is 0.570. The Balaban J connectivity index is 1.60. The number of anilines is 2. The van der Waals surface area contributed by atoms with Crippen LogP contribution < -0.4 is 14.4 Å². The number of nitrogens with zero attached hydrogens (tertiary/aromatic N) is 1. The van der Waals surface area contributed by atoms with Gasteiger partial charge >= 0.3 is 0 Å². The van der Waals surface area contributed by atoms with Gasteiger partial charge in [0.05, 0.1) is 17.7 Å².